The average molecular weight is 388 g/mol. The molecule has 7 heteroatoms. The van der Waals surface area contributed by atoms with Gasteiger partial charge >= 0.3 is 12.0 Å². The molecule has 1 atom stereocenters. The number of fused-ring (bicyclic) bond motifs is 1. The van der Waals surface area contributed by atoms with Crippen LogP contribution in [-0.4, -0.2) is 36.3 Å². The quantitative estimate of drug-likeness (QED) is 0.527. The predicted octanol–water partition coefficient (Wildman–Crippen LogP) is 2.70. The summed E-state index contributed by atoms with van der Waals surface area (Å²) in [4.78, 5) is 47.2. The largest absolute Gasteiger partial charge is 0.456 e. The first-order chi connectivity index (χ1) is 13.4. The number of urea groups is 1. The Morgan fingerprint density at radius 1 is 1.07 bits per heavy atom. The first kappa shape index (κ1) is 21.6. The molecule has 3 amide bonds. The van der Waals surface area contributed by atoms with Gasteiger partial charge in [-0.1, -0.05) is 19.1 Å². The molecule has 2 rings (SSSR count). The fourth-order valence-corrected chi connectivity index (χ4v) is 3.01. The number of aryl methyl sites for hydroxylation is 2. The summed E-state index contributed by atoms with van der Waals surface area (Å²) >= 11 is 0. The van der Waals surface area contributed by atoms with Crippen LogP contribution >= 0.6 is 0 Å². The first-order valence-corrected chi connectivity index (χ1v) is 9.80. The van der Waals surface area contributed by atoms with Crippen LogP contribution in [0.5, 0.6) is 0 Å². The second kappa shape index (κ2) is 10.6. The van der Waals surface area contributed by atoms with Crippen molar-refractivity contribution in [3.8, 4) is 0 Å². The standard InChI is InChI=1S/C21H28N2O5/c1-3-14(2)22-21(27)23-19(25)13-28-20(26)11-10-18(24)17-9-8-15-6-4-5-7-16(15)12-17/h8-9,12,14H,3-7,10-11,13H2,1-2H3,(H2,22,23,25,27)/t14-/m1/s1. The first-order valence-electron chi connectivity index (χ1n) is 9.80. The van der Waals surface area contributed by atoms with E-state index in [1.54, 1.807) is 6.07 Å². The number of imide groups is 1. The molecule has 1 aliphatic rings. The lowest BCUT2D eigenvalue weighted by Crippen LogP contribution is -2.44. The number of hydrogen-bond donors (Lipinski definition) is 2. The van der Waals surface area contributed by atoms with Gasteiger partial charge < -0.3 is 10.1 Å². The molecule has 152 valence electrons. The van der Waals surface area contributed by atoms with Crippen LogP contribution in [0.25, 0.3) is 0 Å². The van der Waals surface area contributed by atoms with Crippen molar-refractivity contribution in [1.82, 2.24) is 10.6 Å². The van der Waals surface area contributed by atoms with Gasteiger partial charge in [-0.2, -0.15) is 0 Å². The molecular formula is C21H28N2O5. The monoisotopic (exact) mass is 388 g/mol. The number of ether oxygens (including phenoxy) is 1. The van der Waals surface area contributed by atoms with Gasteiger partial charge in [-0.05, 0) is 56.2 Å². The fraction of sp³-hybridized carbons (Fsp3) is 0.524. The average Bonchev–Trinajstić information content (AvgIpc) is 2.69. The lowest BCUT2D eigenvalue weighted by molar-refractivity contribution is -0.148. The third-order valence-electron chi connectivity index (χ3n) is 4.83. The number of benzene rings is 1. The highest BCUT2D eigenvalue weighted by Gasteiger charge is 2.16. The van der Waals surface area contributed by atoms with Crippen molar-refractivity contribution in [2.45, 2.75) is 64.8 Å². The van der Waals surface area contributed by atoms with Crippen LogP contribution in [0, 0.1) is 0 Å². The summed E-state index contributed by atoms with van der Waals surface area (Å²) < 4.78 is 4.83. The number of carbonyl (C=O) groups is 4. The molecule has 2 N–H and O–H groups in total. The minimum Gasteiger partial charge on any atom is -0.456 e. The molecule has 0 aromatic heterocycles. The number of carbonyl (C=O) groups excluding carboxylic acids is 4. The van der Waals surface area contributed by atoms with E-state index in [-0.39, 0.29) is 24.7 Å². The van der Waals surface area contributed by atoms with Crippen molar-refractivity contribution in [3.05, 3.63) is 34.9 Å². The fourth-order valence-electron chi connectivity index (χ4n) is 3.01. The van der Waals surface area contributed by atoms with Gasteiger partial charge in [0.1, 0.15) is 0 Å². The Bertz CT molecular complexity index is 744. The van der Waals surface area contributed by atoms with Crippen LogP contribution in [0.4, 0.5) is 4.79 Å². The molecule has 1 aromatic rings. The summed E-state index contributed by atoms with van der Waals surface area (Å²) in [5.41, 5.74) is 3.12. The number of hydrogen-bond acceptors (Lipinski definition) is 5. The molecule has 0 fully saturated rings. The summed E-state index contributed by atoms with van der Waals surface area (Å²) in [5.74, 6) is -1.48. The van der Waals surface area contributed by atoms with Crippen molar-refractivity contribution in [2.24, 2.45) is 0 Å². The van der Waals surface area contributed by atoms with Gasteiger partial charge in [0, 0.05) is 18.0 Å². The smallest absolute Gasteiger partial charge is 0.321 e. The zero-order valence-corrected chi connectivity index (χ0v) is 16.5. The van der Waals surface area contributed by atoms with Crippen LogP contribution in [0.15, 0.2) is 18.2 Å². The van der Waals surface area contributed by atoms with Crippen molar-refractivity contribution in [2.75, 3.05) is 6.61 Å². The zero-order valence-electron chi connectivity index (χ0n) is 16.5. The van der Waals surface area contributed by atoms with E-state index in [1.165, 1.54) is 17.5 Å². The number of Topliss-reactive ketones (excluding diaryl/α,β-unsaturated/α-hetero) is 1. The molecule has 0 radical (unpaired) electrons. The maximum absolute atomic E-state index is 12.3. The number of rotatable bonds is 8. The Morgan fingerprint density at radius 3 is 2.50 bits per heavy atom. The number of amides is 3. The van der Waals surface area contributed by atoms with E-state index in [0.29, 0.717) is 5.56 Å². The third kappa shape index (κ3) is 6.79. The summed E-state index contributed by atoms with van der Waals surface area (Å²) in [6.45, 7) is 3.16. The van der Waals surface area contributed by atoms with Crippen LogP contribution in [0.1, 0.15) is 67.4 Å². The number of nitrogens with one attached hydrogen (secondary N) is 2. The Morgan fingerprint density at radius 2 is 1.79 bits per heavy atom. The van der Waals surface area contributed by atoms with E-state index >= 15 is 0 Å². The van der Waals surface area contributed by atoms with Crippen LogP contribution in [0.2, 0.25) is 0 Å². The highest BCUT2D eigenvalue weighted by atomic mass is 16.5. The van der Waals surface area contributed by atoms with Crippen molar-refractivity contribution in [3.63, 3.8) is 0 Å². The van der Waals surface area contributed by atoms with Gasteiger partial charge in [-0.25, -0.2) is 4.79 Å². The normalized spacial score (nSPS) is 13.8. The molecule has 28 heavy (non-hydrogen) atoms. The minimum atomic E-state index is -0.713. The molecule has 7 nitrogen and oxygen atoms in total. The zero-order chi connectivity index (χ0) is 20.5. The summed E-state index contributed by atoms with van der Waals surface area (Å²) in [7, 11) is 0. The molecule has 0 aliphatic heterocycles. The van der Waals surface area contributed by atoms with Gasteiger partial charge in [0.05, 0.1) is 6.42 Å². The second-order valence-corrected chi connectivity index (χ2v) is 7.11. The Labute approximate surface area is 165 Å². The van der Waals surface area contributed by atoms with Gasteiger partial charge in [0.15, 0.2) is 12.4 Å². The summed E-state index contributed by atoms with van der Waals surface area (Å²) in [6.07, 6.45) is 4.99. The molecule has 1 aromatic carbocycles. The second-order valence-electron chi connectivity index (χ2n) is 7.11. The van der Waals surface area contributed by atoms with E-state index < -0.39 is 24.5 Å². The number of ketones is 1. The summed E-state index contributed by atoms with van der Waals surface area (Å²) in [5, 5.41) is 4.66. The lowest BCUT2D eigenvalue weighted by Gasteiger charge is -2.16. The molecule has 0 spiro atoms. The number of esters is 1. The van der Waals surface area contributed by atoms with Crippen LogP contribution < -0.4 is 10.6 Å². The van der Waals surface area contributed by atoms with E-state index in [1.807, 2.05) is 26.0 Å². The van der Waals surface area contributed by atoms with E-state index in [0.717, 1.165) is 25.7 Å². The van der Waals surface area contributed by atoms with Crippen LogP contribution in [0.3, 0.4) is 0 Å². The van der Waals surface area contributed by atoms with E-state index in [4.69, 9.17) is 4.74 Å². The predicted molar refractivity (Wildman–Crippen MR) is 104 cm³/mol. The maximum atomic E-state index is 12.3. The molecule has 0 saturated carbocycles. The van der Waals surface area contributed by atoms with Gasteiger partial charge in [-0.3, -0.25) is 19.7 Å². The van der Waals surface area contributed by atoms with Gasteiger partial charge in [0.25, 0.3) is 5.91 Å². The van der Waals surface area contributed by atoms with Crippen molar-refractivity contribution < 1.29 is 23.9 Å². The Kier molecular flexibility index (Phi) is 8.17. The highest BCUT2D eigenvalue weighted by molar-refractivity contribution is 5.98. The summed E-state index contributed by atoms with van der Waals surface area (Å²) in [6, 6.07) is 5.03. The molecule has 0 heterocycles. The molecule has 0 bridgehead atoms. The molecule has 1 aliphatic carbocycles. The van der Waals surface area contributed by atoms with E-state index in [9.17, 15) is 19.2 Å². The van der Waals surface area contributed by atoms with Gasteiger partial charge in [-0.15, -0.1) is 0 Å². The van der Waals surface area contributed by atoms with E-state index in [2.05, 4.69) is 10.6 Å². The Hall–Kier alpha value is -2.70. The third-order valence-corrected chi connectivity index (χ3v) is 4.83. The highest BCUT2D eigenvalue weighted by Crippen LogP contribution is 2.23. The van der Waals surface area contributed by atoms with Crippen LogP contribution in [-0.2, 0) is 27.2 Å². The van der Waals surface area contributed by atoms with Crippen molar-refractivity contribution >= 4 is 23.7 Å². The van der Waals surface area contributed by atoms with Gasteiger partial charge in [0.2, 0.25) is 0 Å². The SMILES string of the molecule is CC[C@@H](C)NC(=O)NC(=O)COC(=O)CCC(=O)c1ccc2c(c1)CCCC2. The van der Waals surface area contributed by atoms with Crippen molar-refractivity contribution in [1.29, 1.82) is 0 Å². The lowest BCUT2D eigenvalue weighted by atomic mass is 9.89. The maximum Gasteiger partial charge on any atom is 0.321 e. The molecule has 0 saturated heterocycles. The Balaban J connectivity index is 1.71. The molecule has 0 unspecified atom stereocenters. The molecular weight excluding hydrogens is 360 g/mol. The topological polar surface area (TPSA) is 102 Å². The minimum absolute atomic E-state index is 0.0216.